The third-order valence-corrected chi connectivity index (χ3v) is 2.20. The molecule has 0 spiro atoms. The maximum absolute atomic E-state index is 6.02. The topological polar surface area (TPSA) is 73.1 Å². The van der Waals surface area contributed by atoms with Crippen LogP contribution in [0.4, 0.5) is 11.4 Å². The van der Waals surface area contributed by atoms with Crippen molar-refractivity contribution < 1.29 is 4.84 Å². The Morgan fingerprint density at radius 3 is 2.50 bits per heavy atom. The summed E-state index contributed by atoms with van der Waals surface area (Å²) in [6, 6.07) is 0. The lowest BCUT2D eigenvalue weighted by Crippen LogP contribution is -2.11. The molecule has 0 radical (unpaired) electrons. The van der Waals surface area contributed by atoms with Crippen molar-refractivity contribution in [3.8, 4) is 0 Å². The minimum absolute atomic E-state index is 0.212. The molecule has 1 heterocycles. The fourth-order valence-electron chi connectivity index (χ4n) is 1.39. The van der Waals surface area contributed by atoms with E-state index in [2.05, 4.69) is 22.3 Å². The molecule has 5 heteroatoms. The van der Waals surface area contributed by atoms with E-state index in [4.69, 9.17) is 10.6 Å². The largest absolute Gasteiger partial charge is 0.395 e. The summed E-state index contributed by atoms with van der Waals surface area (Å²) >= 11 is 0. The minimum Gasteiger partial charge on any atom is -0.395 e. The fraction of sp³-hybridized carbons (Fsp3) is 0.455. The molecule has 1 aromatic heterocycles. The molecule has 0 aliphatic carbocycles. The predicted molar refractivity (Wildman–Crippen MR) is 65.9 cm³/mol. The van der Waals surface area contributed by atoms with Crippen LogP contribution in [-0.2, 0) is 4.84 Å². The Morgan fingerprint density at radius 2 is 2.06 bits per heavy atom. The Labute approximate surface area is 95.7 Å². The van der Waals surface area contributed by atoms with Gasteiger partial charge in [0.05, 0.1) is 18.5 Å². The molecule has 0 aliphatic rings. The summed E-state index contributed by atoms with van der Waals surface area (Å²) in [5.41, 5.74) is 12.1. The third-order valence-electron chi connectivity index (χ3n) is 2.20. The molecule has 0 amide bonds. The van der Waals surface area contributed by atoms with Crippen molar-refractivity contribution in [1.82, 2.24) is 10.2 Å². The summed E-state index contributed by atoms with van der Waals surface area (Å²) < 4.78 is 0. The Hall–Kier alpha value is -1.62. The van der Waals surface area contributed by atoms with E-state index < -0.39 is 0 Å². The van der Waals surface area contributed by atoms with E-state index in [0.717, 1.165) is 11.3 Å². The first-order chi connectivity index (χ1) is 7.49. The van der Waals surface area contributed by atoms with Gasteiger partial charge in [-0.3, -0.25) is 10.3 Å². The molecular weight excluding hydrogens is 204 g/mol. The summed E-state index contributed by atoms with van der Waals surface area (Å²) in [6.07, 6.45) is 0. The zero-order valence-corrected chi connectivity index (χ0v) is 10.2. The van der Waals surface area contributed by atoms with Crippen molar-refractivity contribution in [1.29, 1.82) is 0 Å². The van der Waals surface area contributed by atoms with E-state index in [9.17, 15) is 0 Å². The van der Waals surface area contributed by atoms with Crippen LogP contribution in [0, 0.1) is 0 Å². The number of nitrogens with two attached hydrogens (primary N) is 1. The van der Waals surface area contributed by atoms with Crippen molar-refractivity contribution in [3.63, 3.8) is 0 Å². The molecule has 88 valence electrons. The second kappa shape index (κ2) is 4.94. The quantitative estimate of drug-likeness (QED) is 0.764. The summed E-state index contributed by atoms with van der Waals surface area (Å²) in [5.74, 6) is 0.212. The number of nitrogens with zero attached hydrogens (tertiary/aromatic N) is 2. The van der Waals surface area contributed by atoms with Gasteiger partial charge in [0.1, 0.15) is 11.4 Å². The highest BCUT2D eigenvalue weighted by Crippen LogP contribution is 2.31. The lowest BCUT2D eigenvalue weighted by atomic mass is 10.1. The molecule has 1 aromatic rings. The van der Waals surface area contributed by atoms with Crippen molar-refractivity contribution in [3.05, 3.63) is 18.0 Å². The van der Waals surface area contributed by atoms with Crippen LogP contribution in [-0.4, -0.2) is 17.3 Å². The molecule has 1 rings (SSSR count). The highest BCUT2D eigenvalue weighted by molar-refractivity contribution is 5.80. The van der Waals surface area contributed by atoms with Crippen LogP contribution in [0.1, 0.15) is 38.1 Å². The molecule has 0 fully saturated rings. The van der Waals surface area contributed by atoms with Crippen LogP contribution in [0.25, 0.3) is 5.57 Å². The van der Waals surface area contributed by atoms with Gasteiger partial charge in [0.25, 0.3) is 0 Å². The summed E-state index contributed by atoms with van der Waals surface area (Å²) in [4.78, 5) is 4.90. The number of aromatic nitrogens is 2. The first-order valence-electron chi connectivity index (χ1n) is 5.10. The summed E-state index contributed by atoms with van der Waals surface area (Å²) in [5, 5.41) is 8.22. The second-order valence-corrected chi connectivity index (χ2v) is 3.96. The molecule has 0 bridgehead atoms. The third kappa shape index (κ3) is 2.30. The van der Waals surface area contributed by atoms with E-state index in [-0.39, 0.29) is 5.92 Å². The van der Waals surface area contributed by atoms with Gasteiger partial charge in [-0.25, -0.2) is 0 Å². The SMILES string of the molecule is C=C(C)c1nnc(C(C)C)c(N)c1NOC. The van der Waals surface area contributed by atoms with Crippen molar-refractivity contribution >= 4 is 16.9 Å². The Kier molecular flexibility index (Phi) is 3.84. The average Bonchev–Trinajstić information content (AvgIpc) is 2.20. The standard InChI is InChI=1S/C11H18N4O/c1-6(2)9-8(12)11(15-16-5)10(7(3)4)14-13-9/h6H,3H2,1-2,4-5H3,(H2,12,14)(H,13,15). The van der Waals surface area contributed by atoms with Crippen LogP contribution in [0.3, 0.4) is 0 Å². The molecule has 0 unspecified atom stereocenters. The van der Waals surface area contributed by atoms with Gasteiger partial charge < -0.3 is 5.73 Å². The van der Waals surface area contributed by atoms with Gasteiger partial charge in [-0.1, -0.05) is 20.4 Å². The number of nitrogen functional groups attached to an aromatic ring is 1. The molecule has 16 heavy (non-hydrogen) atoms. The number of hydrogen-bond acceptors (Lipinski definition) is 5. The highest BCUT2D eigenvalue weighted by atomic mass is 16.6. The van der Waals surface area contributed by atoms with E-state index in [1.165, 1.54) is 7.11 Å². The van der Waals surface area contributed by atoms with Crippen molar-refractivity contribution in [2.45, 2.75) is 26.7 Å². The molecule has 0 aliphatic heterocycles. The van der Waals surface area contributed by atoms with Gasteiger partial charge in [0, 0.05) is 0 Å². The zero-order chi connectivity index (χ0) is 12.3. The first kappa shape index (κ1) is 12.4. The number of allylic oxidation sites excluding steroid dienone is 1. The maximum atomic E-state index is 6.02. The molecule has 0 saturated carbocycles. The van der Waals surface area contributed by atoms with Crippen LogP contribution in [0.2, 0.25) is 0 Å². The predicted octanol–water partition coefficient (Wildman–Crippen LogP) is 2.19. The average molecular weight is 222 g/mol. The monoisotopic (exact) mass is 222 g/mol. The van der Waals surface area contributed by atoms with E-state index in [0.29, 0.717) is 17.1 Å². The Bertz CT molecular complexity index is 401. The lowest BCUT2D eigenvalue weighted by molar-refractivity contribution is 0.271. The number of rotatable bonds is 4. The summed E-state index contributed by atoms with van der Waals surface area (Å²) in [7, 11) is 1.52. The molecule has 3 N–H and O–H groups in total. The summed E-state index contributed by atoms with van der Waals surface area (Å²) in [6.45, 7) is 9.70. The van der Waals surface area contributed by atoms with Gasteiger partial charge >= 0.3 is 0 Å². The molecule has 0 aromatic carbocycles. The van der Waals surface area contributed by atoms with E-state index >= 15 is 0 Å². The Morgan fingerprint density at radius 1 is 1.44 bits per heavy atom. The van der Waals surface area contributed by atoms with Gasteiger partial charge in [-0.05, 0) is 18.4 Å². The van der Waals surface area contributed by atoms with Crippen LogP contribution < -0.4 is 11.2 Å². The first-order valence-corrected chi connectivity index (χ1v) is 5.10. The van der Waals surface area contributed by atoms with Gasteiger partial charge in [-0.15, -0.1) is 5.10 Å². The zero-order valence-electron chi connectivity index (χ0n) is 10.2. The minimum atomic E-state index is 0.212. The highest BCUT2D eigenvalue weighted by Gasteiger charge is 2.16. The molecule has 5 nitrogen and oxygen atoms in total. The van der Waals surface area contributed by atoms with Crippen molar-refractivity contribution in [2.24, 2.45) is 0 Å². The Balaban J connectivity index is 3.35. The van der Waals surface area contributed by atoms with Crippen LogP contribution in [0.5, 0.6) is 0 Å². The van der Waals surface area contributed by atoms with Crippen LogP contribution >= 0.6 is 0 Å². The van der Waals surface area contributed by atoms with E-state index in [1.54, 1.807) is 0 Å². The smallest absolute Gasteiger partial charge is 0.116 e. The number of nitrogens with one attached hydrogen (secondary N) is 1. The van der Waals surface area contributed by atoms with Gasteiger partial charge in [0.15, 0.2) is 0 Å². The van der Waals surface area contributed by atoms with Crippen molar-refractivity contribution in [2.75, 3.05) is 18.3 Å². The maximum Gasteiger partial charge on any atom is 0.116 e. The van der Waals surface area contributed by atoms with Crippen LogP contribution in [0.15, 0.2) is 6.58 Å². The van der Waals surface area contributed by atoms with Gasteiger partial charge in [-0.2, -0.15) is 5.10 Å². The lowest BCUT2D eigenvalue weighted by Gasteiger charge is -2.15. The number of anilines is 2. The molecule has 0 atom stereocenters. The van der Waals surface area contributed by atoms with Gasteiger partial charge in [0.2, 0.25) is 0 Å². The normalized spacial score (nSPS) is 10.6. The fourth-order valence-corrected chi connectivity index (χ4v) is 1.39. The van der Waals surface area contributed by atoms with E-state index in [1.807, 2.05) is 20.8 Å². The second-order valence-electron chi connectivity index (χ2n) is 3.96. The molecular formula is C11H18N4O. The molecule has 0 saturated heterocycles. The number of hydrogen-bond donors (Lipinski definition) is 2.